The molecule has 1 aromatic rings. The molecule has 0 aliphatic carbocycles. The Labute approximate surface area is 168 Å². The van der Waals surface area contributed by atoms with Crippen molar-refractivity contribution >= 4 is 23.4 Å². The molecule has 0 atom stereocenters. The lowest BCUT2D eigenvalue weighted by molar-refractivity contribution is -0.144. The zero-order valence-electron chi connectivity index (χ0n) is 18.0. The van der Waals surface area contributed by atoms with Crippen LogP contribution in [0.15, 0.2) is 18.2 Å². The molecule has 0 saturated carbocycles. The summed E-state index contributed by atoms with van der Waals surface area (Å²) >= 11 is 0. The van der Waals surface area contributed by atoms with Crippen molar-refractivity contribution in [2.75, 3.05) is 32.0 Å². The molecule has 0 aromatic heterocycles. The van der Waals surface area contributed by atoms with Crippen molar-refractivity contribution < 1.29 is 14.4 Å². The number of likely N-dealkylation sites (N-methyl/N-ethyl adjacent to an activating group) is 1. The molecular formula is C22H33N3O3. The van der Waals surface area contributed by atoms with Crippen LogP contribution in [0.25, 0.3) is 0 Å². The Morgan fingerprint density at radius 3 is 2.32 bits per heavy atom. The second-order valence-corrected chi connectivity index (χ2v) is 8.88. The number of aryl methyl sites for hydroxylation is 2. The van der Waals surface area contributed by atoms with Crippen LogP contribution in [0.3, 0.4) is 0 Å². The molecule has 0 spiro atoms. The van der Waals surface area contributed by atoms with E-state index >= 15 is 0 Å². The van der Waals surface area contributed by atoms with Crippen LogP contribution in [0.1, 0.15) is 44.7 Å². The highest BCUT2D eigenvalue weighted by Crippen LogP contribution is 2.24. The first kappa shape index (κ1) is 21.9. The van der Waals surface area contributed by atoms with Gasteiger partial charge in [-0.05, 0) is 43.9 Å². The minimum atomic E-state index is -0.403. The number of amides is 3. The zero-order chi connectivity index (χ0) is 21.1. The zero-order valence-corrected chi connectivity index (χ0v) is 18.0. The van der Waals surface area contributed by atoms with Crippen LogP contribution in [-0.2, 0) is 14.4 Å². The first-order valence-electron chi connectivity index (χ1n) is 9.90. The molecule has 1 fully saturated rings. The van der Waals surface area contributed by atoms with Crippen LogP contribution in [0.5, 0.6) is 0 Å². The van der Waals surface area contributed by atoms with Gasteiger partial charge in [-0.3, -0.25) is 14.4 Å². The lowest BCUT2D eigenvalue weighted by atomic mass is 9.90. The largest absolute Gasteiger partial charge is 0.342 e. The number of carbonyl (C=O) groups excluding carboxylic acids is 3. The van der Waals surface area contributed by atoms with Crippen molar-refractivity contribution in [1.29, 1.82) is 0 Å². The maximum absolute atomic E-state index is 12.7. The van der Waals surface area contributed by atoms with Gasteiger partial charge in [0.2, 0.25) is 17.7 Å². The van der Waals surface area contributed by atoms with Gasteiger partial charge in [0.15, 0.2) is 0 Å². The van der Waals surface area contributed by atoms with E-state index in [1.807, 2.05) is 57.7 Å². The summed E-state index contributed by atoms with van der Waals surface area (Å²) in [5.74, 6) is -0.244. The van der Waals surface area contributed by atoms with E-state index in [0.717, 1.165) is 16.8 Å². The maximum atomic E-state index is 12.7. The monoisotopic (exact) mass is 387 g/mol. The highest BCUT2D eigenvalue weighted by Gasteiger charge is 2.33. The molecule has 0 radical (unpaired) electrons. The number of nitrogens with zero attached hydrogens (tertiary/aromatic N) is 2. The standard InChI is InChI=1S/C22H33N3O3/c1-15-7-8-16(2)18(13-15)23-19(26)14-24(6)20(27)17-9-11-25(12-10-17)21(28)22(3,4)5/h7-8,13,17H,9-12,14H2,1-6H3,(H,23,26). The molecule has 1 N–H and O–H groups in total. The van der Waals surface area contributed by atoms with E-state index in [4.69, 9.17) is 0 Å². The van der Waals surface area contributed by atoms with Crippen molar-refractivity contribution in [3.63, 3.8) is 0 Å². The number of nitrogens with one attached hydrogen (secondary N) is 1. The molecule has 28 heavy (non-hydrogen) atoms. The molecular weight excluding hydrogens is 354 g/mol. The first-order valence-corrected chi connectivity index (χ1v) is 9.90. The van der Waals surface area contributed by atoms with Crippen LogP contribution < -0.4 is 5.32 Å². The second-order valence-electron chi connectivity index (χ2n) is 8.88. The minimum absolute atomic E-state index is 0.0212. The molecule has 1 aromatic carbocycles. The normalized spacial score (nSPS) is 15.3. The van der Waals surface area contributed by atoms with E-state index < -0.39 is 5.41 Å². The van der Waals surface area contributed by atoms with Crippen LogP contribution in [0.2, 0.25) is 0 Å². The maximum Gasteiger partial charge on any atom is 0.243 e. The van der Waals surface area contributed by atoms with Crippen molar-refractivity contribution in [2.45, 2.75) is 47.5 Å². The predicted molar refractivity (Wildman–Crippen MR) is 111 cm³/mol. The Bertz CT molecular complexity index is 744. The third-order valence-electron chi connectivity index (χ3n) is 5.20. The lowest BCUT2D eigenvalue weighted by Gasteiger charge is -2.36. The number of hydrogen-bond acceptors (Lipinski definition) is 3. The van der Waals surface area contributed by atoms with Crippen molar-refractivity contribution in [3.8, 4) is 0 Å². The molecule has 2 rings (SSSR count). The number of rotatable bonds is 4. The number of likely N-dealkylation sites (tertiary alicyclic amines) is 1. The average molecular weight is 388 g/mol. The van der Waals surface area contributed by atoms with E-state index in [0.29, 0.717) is 25.9 Å². The third kappa shape index (κ3) is 5.57. The van der Waals surface area contributed by atoms with E-state index in [1.165, 1.54) is 4.90 Å². The van der Waals surface area contributed by atoms with E-state index in [-0.39, 0.29) is 30.2 Å². The Balaban J connectivity index is 1.87. The summed E-state index contributed by atoms with van der Waals surface area (Å²) < 4.78 is 0. The highest BCUT2D eigenvalue weighted by molar-refractivity contribution is 5.95. The van der Waals surface area contributed by atoms with Gasteiger partial charge in [0, 0.05) is 37.2 Å². The molecule has 1 heterocycles. The van der Waals surface area contributed by atoms with Crippen LogP contribution in [-0.4, -0.2) is 54.2 Å². The highest BCUT2D eigenvalue weighted by atomic mass is 16.2. The topological polar surface area (TPSA) is 69.7 Å². The lowest BCUT2D eigenvalue weighted by Crippen LogP contribution is -2.47. The molecule has 6 nitrogen and oxygen atoms in total. The van der Waals surface area contributed by atoms with Gasteiger partial charge in [-0.25, -0.2) is 0 Å². The van der Waals surface area contributed by atoms with Gasteiger partial charge in [0.05, 0.1) is 6.54 Å². The first-order chi connectivity index (χ1) is 13.0. The minimum Gasteiger partial charge on any atom is -0.342 e. The predicted octanol–water partition coefficient (Wildman–Crippen LogP) is 2.99. The van der Waals surface area contributed by atoms with E-state index in [1.54, 1.807) is 7.05 Å². The summed E-state index contributed by atoms with van der Waals surface area (Å²) in [5, 5.41) is 2.89. The summed E-state index contributed by atoms with van der Waals surface area (Å²) in [4.78, 5) is 40.8. The van der Waals surface area contributed by atoms with Gasteiger partial charge in [0.25, 0.3) is 0 Å². The Morgan fingerprint density at radius 1 is 1.14 bits per heavy atom. The van der Waals surface area contributed by atoms with Crippen LogP contribution >= 0.6 is 0 Å². The molecule has 0 bridgehead atoms. The average Bonchev–Trinajstić information content (AvgIpc) is 2.62. The fourth-order valence-corrected chi connectivity index (χ4v) is 3.47. The van der Waals surface area contributed by atoms with Gasteiger partial charge >= 0.3 is 0 Å². The molecule has 0 unspecified atom stereocenters. The summed E-state index contributed by atoms with van der Waals surface area (Å²) in [6.45, 7) is 10.9. The smallest absolute Gasteiger partial charge is 0.243 e. The number of benzene rings is 1. The summed E-state index contributed by atoms with van der Waals surface area (Å²) in [6.07, 6.45) is 1.28. The summed E-state index contributed by atoms with van der Waals surface area (Å²) in [5.41, 5.74) is 2.44. The summed E-state index contributed by atoms with van der Waals surface area (Å²) in [7, 11) is 1.66. The number of anilines is 1. The van der Waals surface area contributed by atoms with Gasteiger partial charge in [-0.15, -0.1) is 0 Å². The second kappa shape index (κ2) is 8.76. The molecule has 3 amide bonds. The Morgan fingerprint density at radius 2 is 1.75 bits per heavy atom. The Kier molecular flexibility index (Phi) is 6.86. The van der Waals surface area contributed by atoms with Crippen molar-refractivity contribution in [2.24, 2.45) is 11.3 Å². The third-order valence-corrected chi connectivity index (χ3v) is 5.20. The van der Waals surface area contributed by atoms with E-state index in [2.05, 4.69) is 5.32 Å². The van der Waals surface area contributed by atoms with Gasteiger partial charge in [0.1, 0.15) is 0 Å². The SMILES string of the molecule is Cc1ccc(C)c(NC(=O)CN(C)C(=O)C2CCN(C(=O)C(C)(C)C)CC2)c1. The molecule has 1 aliphatic heterocycles. The van der Waals surface area contributed by atoms with Gasteiger partial charge < -0.3 is 15.1 Å². The van der Waals surface area contributed by atoms with Crippen molar-refractivity contribution in [3.05, 3.63) is 29.3 Å². The fourth-order valence-electron chi connectivity index (χ4n) is 3.47. The fraction of sp³-hybridized carbons (Fsp3) is 0.591. The quantitative estimate of drug-likeness (QED) is 0.863. The van der Waals surface area contributed by atoms with Gasteiger partial charge in [-0.2, -0.15) is 0 Å². The summed E-state index contributed by atoms with van der Waals surface area (Å²) in [6, 6.07) is 5.89. The van der Waals surface area contributed by atoms with Crippen molar-refractivity contribution in [1.82, 2.24) is 9.80 Å². The van der Waals surface area contributed by atoms with Crippen LogP contribution in [0.4, 0.5) is 5.69 Å². The van der Waals surface area contributed by atoms with E-state index in [9.17, 15) is 14.4 Å². The number of piperidine rings is 1. The molecule has 6 heteroatoms. The van der Waals surface area contributed by atoms with Gasteiger partial charge in [-0.1, -0.05) is 32.9 Å². The Hall–Kier alpha value is -2.37. The number of hydrogen-bond donors (Lipinski definition) is 1. The molecule has 1 aliphatic rings. The molecule has 1 saturated heterocycles. The molecule has 154 valence electrons. The van der Waals surface area contributed by atoms with Crippen LogP contribution in [0, 0.1) is 25.2 Å². The number of carbonyl (C=O) groups is 3.